The maximum absolute atomic E-state index is 12.3. The van der Waals surface area contributed by atoms with Crippen molar-refractivity contribution in [3.63, 3.8) is 0 Å². The zero-order valence-corrected chi connectivity index (χ0v) is 12.3. The lowest BCUT2D eigenvalue weighted by atomic mass is 10.0. The Bertz CT molecular complexity index is 605. The Morgan fingerprint density at radius 1 is 1.20 bits per heavy atom. The average molecular weight is 291 g/mol. The SMILES string of the molecule is CN(C(=O)Cc1cccc2ccccc12)C1CNC1.Cl. The number of benzene rings is 2. The van der Waals surface area contributed by atoms with Crippen LogP contribution in [0.2, 0.25) is 0 Å². The van der Waals surface area contributed by atoms with Crippen molar-refractivity contribution < 1.29 is 4.79 Å². The molecule has 3 rings (SSSR count). The highest BCUT2D eigenvalue weighted by Crippen LogP contribution is 2.19. The number of hydrogen-bond donors (Lipinski definition) is 1. The van der Waals surface area contributed by atoms with Crippen LogP contribution in [0.5, 0.6) is 0 Å². The minimum atomic E-state index is 0. The number of carbonyl (C=O) groups excluding carboxylic acids is 1. The normalized spacial score (nSPS) is 14.4. The maximum atomic E-state index is 12.3. The van der Waals surface area contributed by atoms with Gasteiger partial charge in [0, 0.05) is 20.1 Å². The van der Waals surface area contributed by atoms with Crippen molar-refractivity contribution in [2.45, 2.75) is 12.5 Å². The Labute approximate surface area is 125 Å². The second-order valence-corrected chi connectivity index (χ2v) is 5.13. The van der Waals surface area contributed by atoms with Gasteiger partial charge in [0.2, 0.25) is 5.91 Å². The average Bonchev–Trinajstić information content (AvgIpc) is 2.37. The predicted molar refractivity (Wildman–Crippen MR) is 84.3 cm³/mol. The molecule has 1 amide bonds. The highest BCUT2D eigenvalue weighted by Gasteiger charge is 2.25. The van der Waals surface area contributed by atoms with Gasteiger partial charge in [-0.1, -0.05) is 42.5 Å². The fourth-order valence-electron chi connectivity index (χ4n) is 2.49. The fourth-order valence-corrected chi connectivity index (χ4v) is 2.49. The van der Waals surface area contributed by atoms with Crippen molar-refractivity contribution in [1.82, 2.24) is 10.2 Å². The van der Waals surface area contributed by atoms with Gasteiger partial charge in [0.25, 0.3) is 0 Å². The molecule has 0 bridgehead atoms. The van der Waals surface area contributed by atoms with Gasteiger partial charge in [-0.15, -0.1) is 12.4 Å². The second-order valence-electron chi connectivity index (χ2n) is 5.13. The first-order valence-electron chi connectivity index (χ1n) is 6.69. The molecule has 0 unspecified atom stereocenters. The van der Waals surface area contributed by atoms with Crippen molar-refractivity contribution >= 4 is 29.1 Å². The molecule has 4 heteroatoms. The van der Waals surface area contributed by atoms with Crippen LogP contribution in [0.3, 0.4) is 0 Å². The monoisotopic (exact) mass is 290 g/mol. The molecule has 1 N–H and O–H groups in total. The molecule has 0 spiro atoms. The van der Waals surface area contributed by atoms with E-state index in [1.807, 2.05) is 36.2 Å². The fraction of sp³-hybridized carbons (Fsp3) is 0.312. The van der Waals surface area contributed by atoms with Gasteiger partial charge in [0.15, 0.2) is 0 Å². The predicted octanol–water partition coefficient (Wildman–Crippen LogP) is 2.23. The van der Waals surface area contributed by atoms with Gasteiger partial charge in [-0.05, 0) is 16.3 Å². The summed E-state index contributed by atoms with van der Waals surface area (Å²) in [6, 6.07) is 14.7. The zero-order valence-electron chi connectivity index (χ0n) is 11.5. The van der Waals surface area contributed by atoms with E-state index >= 15 is 0 Å². The Morgan fingerprint density at radius 2 is 1.90 bits per heavy atom. The van der Waals surface area contributed by atoms with Crippen LogP contribution in [-0.2, 0) is 11.2 Å². The third kappa shape index (κ3) is 2.79. The third-order valence-electron chi connectivity index (χ3n) is 3.92. The van der Waals surface area contributed by atoms with E-state index in [1.165, 1.54) is 10.8 Å². The number of hydrogen-bond acceptors (Lipinski definition) is 2. The Hall–Kier alpha value is -1.58. The summed E-state index contributed by atoms with van der Waals surface area (Å²) in [5, 5.41) is 5.57. The lowest BCUT2D eigenvalue weighted by Crippen LogP contribution is -2.57. The Balaban J connectivity index is 0.00000147. The molecule has 1 aliphatic heterocycles. The van der Waals surface area contributed by atoms with Crippen LogP contribution in [0, 0.1) is 0 Å². The molecule has 0 radical (unpaired) electrons. The first kappa shape index (κ1) is 14.8. The van der Waals surface area contributed by atoms with Crippen LogP contribution in [0.4, 0.5) is 0 Å². The van der Waals surface area contributed by atoms with E-state index in [1.54, 1.807) is 0 Å². The highest BCUT2D eigenvalue weighted by atomic mass is 35.5. The Kier molecular flexibility index (Phi) is 4.63. The molecule has 0 atom stereocenters. The van der Waals surface area contributed by atoms with Gasteiger partial charge in [0.05, 0.1) is 12.5 Å². The lowest BCUT2D eigenvalue weighted by molar-refractivity contribution is -0.132. The van der Waals surface area contributed by atoms with Crippen molar-refractivity contribution in [2.24, 2.45) is 0 Å². The van der Waals surface area contributed by atoms with Crippen molar-refractivity contribution in [1.29, 1.82) is 0 Å². The van der Waals surface area contributed by atoms with E-state index in [4.69, 9.17) is 0 Å². The van der Waals surface area contributed by atoms with Crippen LogP contribution < -0.4 is 5.32 Å². The molecule has 0 aliphatic carbocycles. The number of likely N-dealkylation sites (N-methyl/N-ethyl adjacent to an activating group) is 1. The third-order valence-corrected chi connectivity index (χ3v) is 3.92. The van der Waals surface area contributed by atoms with Crippen molar-refractivity contribution in [2.75, 3.05) is 20.1 Å². The van der Waals surface area contributed by atoms with Gasteiger partial charge in [0.1, 0.15) is 0 Å². The quantitative estimate of drug-likeness (QED) is 0.940. The number of fused-ring (bicyclic) bond motifs is 1. The molecule has 3 nitrogen and oxygen atoms in total. The standard InChI is InChI=1S/C16H18N2O.ClH/c1-18(14-10-17-11-14)16(19)9-13-7-4-6-12-5-2-3-8-15(12)13;/h2-8,14,17H,9-11H2,1H3;1H. The van der Waals surface area contributed by atoms with Crippen LogP contribution in [0.1, 0.15) is 5.56 Å². The molecule has 106 valence electrons. The molecule has 20 heavy (non-hydrogen) atoms. The first-order valence-corrected chi connectivity index (χ1v) is 6.69. The molecule has 1 fully saturated rings. The van der Waals surface area contributed by atoms with Gasteiger partial charge in [-0.2, -0.15) is 0 Å². The lowest BCUT2D eigenvalue weighted by Gasteiger charge is -2.35. The number of nitrogens with zero attached hydrogens (tertiary/aromatic N) is 1. The van der Waals surface area contributed by atoms with E-state index in [-0.39, 0.29) is 18.3 Å². The van der Waals surface area contributed by atoms with Gasteiger partial charge < -0.3 is 10.2 Å². The van der Waals surface area contributed by atoms with E-state index in [9.17, 15) is 4.79 Å². The van der Waals surface area contributed by atoms with E-state index < -0.39 is 0 Å². The summed E-state index contributed by atoms with van der Waals surface area (Å²) in [6.45, 7) is 1.83. The summed E-state index contributed by atoms with van der Waals surface area (Å²) in [6.07, 6.45) is 0.481. The molecule has 2 aromatic carbocycles. The van der Waals surface area contributed by atoms with Crippen molar-refractivity contribution in [3.05, 3.63) is 48.0 Å². The number of carbonyl (C=O) groups is 1. The molecule has 2 aromatic rings. The summed E-state index contributed by atoms with van der Waals surface area (Å²) >= 11 is 0. The van der Waals surface area contributed by atoms with E-state index in [0.717, 1.165) is 18.7 Å². The van der Waals surface area contributed by atoms with Gasteiger partial charge in [-0.3, -0.25) is 4.79 Å². The molecular formula is C16H19ClN2O. The van der Waals surface area contributed by atoms with Gasteiger partial charge >= 0.3 is 0 Å². The van der Waals surface area contributed by atoms with Crippen LogP contribution >= 0.6 is 12.4 Å². The molecule has 0 aromatic heterocycles. The van der Waals surface area contributed by atoms with E-state index in [0.29, 0.717) is 12.5 Å². The zero-order chi connectivity index (χ0) is 13.2. The highest BCUT2D eigenvalue weighted by molar-refractivity contribution is 5.90. The summed E-state index contributed by atoms with van der Waals surface area (Å²) < 4.78 is 0. The number of rotatable bonds is 3. The minimum Gasteiger partial charge on any atom is -0.340 e. The van der Waals surface area contributed by atoms with Crippen LogP contribution in [0.25, 0.3) is 10.8 Å². The minimum absolute atomic E-state index is 0. The molecular weight excluding hydrogens is 272 g/mol. The van der Waals surface area contributed by atoms with Crippen LogP contribution in [0.15, 0.2) is 42.5 Å². The summed E-state index contributed by atoms with van der Waals surface area (Å²) in [5.74, 6) is 0.197. The maximum Gasteiger partial charge on any atom is 0.227 e. The summed E-state index contributed by atoms with van der Waals surface area (Å²) in [5.41, 5.74) is 1.11. The second kappa shape index (κ2) is 6.25. The molecule has 1 aliphatic rings. The first-order chi connectivity index (χ1) is 9.25. The molecule has 0 saturated carbocycles. The number of nitrogens with one attached hydrogen (secondary N) is 1. The Morgan fingerprint density at radius 3 is 2.60 bits per heavy atom. The van der Waals surface area contributed by atoms with E-state index in [2.05, 4.69) is 23.5 Å². The van der Waals surface area contributed by atoms with Crippen molar-refractivity contribution in [3.8, 4) is 0 Å². The smallest absolute Gasteiger partial charge is 0.227 e. The topological polar surface area (TPSA) is 32.3 Å². The number of halogens is 1. The summed E-state index contributed by atoms with van der Waals surface area (Å²) in [7, 11) is 1.90. The number of amides is 1. The van der Waals surface area contributed by atoms with Crippen LogP contribution in [-0.4, -0.2) is 37.0 Å². The largest absolute Gasteiger partial charge is 0.340 e. The molecule has 1 heterocycles. The summed E-state index contributed by atoms with van der Waals surface area (Å²) in [4.78, 5) is 14.2. The van der Waals surface area contributed by atoms with Gasteiger partial charge in [-0.25, -0.2) is 0 Å². The molecule has 1 saturated heterocycles.